The van der Waals surface area contributed by atoms with E-state index in [-0.39, 0.29) is 0 Å². The third kappa shape index (κ3) is 2.23. The van der Waals surface area contributed by atoms with E-state index in [1.165, 1.54) is 45.2 Å². The summed E-state index contributed by atoms with van der Waals surface area (Å²) >= 11 is 0. The monoisotopic (exact) mass is 182 g/mol. The van der Waals surface area contributed by atoms with Crippen LogP contribution in [0.5, 0.6) is 0 Å². The molecule has 1 saturated heterocycles. The molecule has 2 aliphatic rings. The maximum Gasteiger partial charge on any atom is 0.00965 e. The Morgan fingerprint density at radius 1 is 1.08 bits per heavy atom. The molecule has 1 unspecified atom stereocenters. The summed E-state index contributed by atoms with van der Waals surface area (Å²) < 4.78 is 0. The van der Waals surface area contributed by atoms with Gasteiger partial charge in [0, 0.05) is 18.6 Å². The van der Waals surface area contributed by atoms with Crippen molar-refractivity contribution in [3.05, 3.63) is 0 Å². The zero-order valence-electron chi connectivity index (χ0n) is 8.71. The molecule has 1 atom stereocenters. The molecule has 0 spiro atoms. The van der Waals surface area contributed by atoms with E-state index in [9.17, 15) is 0 Å². The Balaban J connectivity index is 1.81. The lowest BCUT2D eigenvalue weighted by Gasteiger charge is -2.33. The lowest BCUT2D eigenvalue weighted by molar-refractivity contribution is 0.178. The first-order chi connectivity index (χ1) is 6.25. The predicted octanol–water partition coefficient (Wildman–Crippen LogP) is 1.60. The molecule has 2 nitrogen and oxygen atoms in total. The van der Waals surface area contributed by atoms with Crippen molar-refractivity contribution in [2.24, 2.45) is 11.7 Å². The van der Waals surface area contributed by atoms with E-state index in [1.807, 2.05) is 0 Å². The molecule has 1 heterocycles. The summed E-state index contributed by atoms with van der Waals surface area (Å²) in [5, 5.41) is 0. The molecule has 2 rings (SSSR count). The van der Waals surface area contributed by atoms with Gasteiger partial charge in [-0.05, 0) is 44.6 Å². The molecule has 1 saturated carbocycles. The van der Waals surface area contributed by atoms with Crippen LogP contribution in [0.15, 0.2) is 0 Å². The van der Waals surface area contributed by atoms with Gasteiger partial charge < -0.3 is 10.6 Å². The van der Waals surface area contributed by atoms with Crippen LogP contribution in [0.1, 0.15) is 39.0 Å². The lowest BCUT2D eigenvalue weighted by atomic mass is 9.91. The number of rotatable bonds is 1. The molecule has 2 heteroatoms. The Hall–Kier alpha value is -0.0800. The van der Waals surface area contributed by atoms with Crippen LogP contribution in [0.25, 0.3) is 0 Å². The first-order valence-corrected chi connectivity index (χ1v) is 5.75. The van der Waals surface area contributed by atoms with Crippen molar-refractivity contribution in [3.8, 4) is 0 Å². The fraction of sp³-hybridized carbons (Fsp3) is 1.00. The molecular formula is C11H22N2. The van der Waals surface area contributed by atoms with Gasteiger partial charge in [-0.1, -0.05) is 6.92 Å². The normalized spacial score (nSPS) is 42.5. The molecule has 0 radical (unpaired) electrons. The quantitative estimate of drug-likeness (QED) is 0.667. The third-order valence-electron chi connectivity index (χ3n) is 3.71. The molecule has 2 fully saturated rings. The number of likely N-dealkylation sites (tertiary alicyclic amines) is 1. The highest BCUT2D eigenvalue weighted by Gasteiger charge is 2.28. The highest BCUT2D eigenvalue weighted by molar-refractivity contribution is 4.84. The Kier molecular flexibility index (Phi) is 2.89. The zero-order valence-corrected chi connectivity index (χ0v) is 8.71. The highest BCUT2D eigenvalue weighted by Crippen LogP contribution is 2.26. The molecule has 1 aliphatic carbocycles. The molecule has 0 aromatic rings. The second-order valence-corrected chi connectivity index (χ2v) is 4.96. The van der Waals surface area contributed by atoms with Gasteiger partial charge in [0.25, 0.3) is 0 Å². The van der Waals surface area contributed by atoms with Crippen LogP contribution in [0, 0.1) is 5.92 Å². The van der Waals surface area contributed by atoms with Gasteiger partial charge in [0.2, 0.25) is 0 Å². The van der Waals surface area contributed by atoms with Gasteiger partial charge in [0.1, 0.15) is 0 Å². The number of hydrogen-bond acceptors (Lipinski definition) is 2. The molecule has 0 aromatic carbocycles. The van der Waals surface area contributed by atoms with Crippen LogP contribution in [-0.4, -0.2) is 30.1 Å². The minimum absolute atomic E-state index is 0.497. The molecule has 13 heavy (non-hydrogen) atoms. The van der Waals surface area contributed by atoms with Gasteiger partial charge in [0.05, 0.1) is 0 Å². The Bertz CT molecular complexity index is 161. The zero-order chi connectivity index (χ0) is 9.26. The largest absolute Gasteiger partial charge is 0.328 e. The average molecular weight is 182 g/mol. The number of hydrogen-bond donors (Lipinski definition) is 1. The smallest absolute Gasteiger partial charge is 0.00965 e. The van der Waals surface area contributed by atoms with Crippen molar-refractivity contribution in [2.45, 2.75) is 51.1 Å². The number of nitrogens with two attached hydrogens (primary N) is 1. The van der Waals surface area contributed by atoms with Crippen LogP contribution < -0.4 is 5.73 Å². The van der Waals surface area contributed by atoms with Gasteiger partial charge in [-0.3, -0.25) is 0 Å². The molecule has 0 amide bonds. The maximum atomic E-state index is 5.90. The van der Waals surface area contributed by atoms with Gasteiger partial charge in [-0.2, -0.15) is 0 Å². The average Bonchev–Trinajstić information content (AvgIpc) is 2.53. The first-order valence-electron chi connectivity index (χ1n) is 5.75. The predicted molar refractivity (Wildman–Crippen MR) is 55.6 cm³/mol. The second kappa shape index (κ2) is 3.97. The molecule has 0 bridgehead atoms. The molecule has 2 N–H and O–H groups in total. The fourth-order valence-corrected chi connectivity index (χ4v) is 2.77. The van der Waals surface area contributed by atoms with Crippen LogP contribution in [0.4, 0.5) is 0 Å². The summed E-state index contributed by atoms with van der Waals surface area (Å²) in [7, 11) is 0. The summed E-state index contributed by atoms with van der Waals surface area (Å²) in [6.07, 6.45) is 6.58. The summed E-state index contributed by atoms with van der Waals surface area (Å²) in [6, 6.07) is 1.36. The Morgan fingerprint density at radius 2 is 1.77 bits per heavy atom. The SMILES string of the molecule is CC1CCN(C2CCC(N)CC2)C1. The third-order valence-corrected chi connectivity index (χ3v) is 3.71. The standard InChI is InChI=1S/C11H22N2/c1-9-6-7-13(8-9)11-4-2-10(12)3-5-11/h9-11H,2-8,12H2,1H3. The second-order valence-electron chi connectivity index (χ2n) is 4.96. The summed E-state index contributed by atoms with van der Waals surface area (Å²) in [5.41, 5.74) is 5.90. The molecule has 1 aliphatic heterocycles. The lowest BCUT2D eigenvalue weighted by Crippen LogP contribution is -2.39. The van der Waals surface area contributed by atoms with E-state index in [4.69, 9.17) is 5.73 Å². The Morgan fingerprint density at radius 3 is 2.31 bits per heavy atom. The van der Waals surface area contributed by atoms with Gasteiger partial charge in [0.15, 0.2) is 0 Å². The summed E-state index contributed by atoms with van der Waals surface area (Å²) in [4.78, 5) is 2.69. The molecule has 76 valence electrons. The van der Waals surface area contributed by atoms with E-state index in [0.717, 1.165) is 12.0 Å². The van der Waals surface area contributed by atoms with Gasteiger partial charge >= 0.3 is 0 Å². The van der Waals surface area contributed by atoms with E-state index in [2.05, 4.69) is 11.8 Å². The van der Waals surface area contributed by atoms with Crippen molar-refractivity contribution in [1.82, 2.24) is 4.90 Å². The maximum absolute atomic E-state index is 5.90. The topological polar surface area (TPSA) is 29.3 Å². The van der Waals surface area contributed by atoms with Crippen molar-refractivity contribution >= 4 is 0 Å². The minimum Gasteiger partial charge on any atom is -0.328 e. The van der Waals surface area contributed by atoms with Crippen molar-refractivity contribution < 1.29 is 0 Å². The summed E-state index contributed by atoms with van der Waals surface area (Å²) in [5.74, 6) is 0.926. The van der Waals surface area contributed by atoms with Crippen LogP contribution in [0.3, 0.4) is 0 Å². The van der Waals surface area contributed by atoms with Crippen LogP contribution in [0.2, 0.25) is 0 Å². The fourth-order valence-electron chi connectivity index (χ4n) is 2.77. The molecular weight excluding hydrogens is 160 g/mol. The first kappa shape index (κ1) is 9.47. The minimum atomic E-state index is 0.497. The molecule has 0 aromatic heterocycles. The van der Waals surface area contributed by atoms with Crippen LogP contribution in [-0.2, 0) is 0 Å². The summed E-state index contributed by atoms with van der Waals surface area (Å²) in [6.45, 7) is 5.04. The van der Waals surface area contributed by atoms with Gasteiger partial charge in [-0.25, -0.2) is 0 Å². The Labute approximate surface area is 81.5 Å². The van der Waals surface area contributed by atoms with E-state index in [0.29, 0.717) is 6.04 Å². The van der Waals surface area contributed by atoms with E-state index in [1.54, 1.807) is 0 Å². The van der Waals surface area contributed by atoms with Crippen molar-refractivity contribution in [1.29, 1.82) is 0 Å². The van der Waals surface area contributed by atoms with Crippen LogP contribution >= 0.6 is 0 Å². The number of nitrogens with zero attached hydrogens (tertiary/aromatic N) is 1. The van der Waals surface area contributed by atoms with Crippen molar-refractivity contribution in [3.63, 3.8) is 0 Å². The van der Waals surface area contributed by atoms with Crippen molar-refractivity contribution in [2.75, 3.05) is 13.1 Å². The highest BCUT2D eigenvalue weighted by atomic mass is 15.2. The van der Waals surface area contributed by atoms with Gasteiger partial charge in [-0.15, -0.1) is 0 Å². The van der Waals surface area contributed by atoms with E-state index < -0.39 is 0 Å². The van der Waals surface area contributed by atoms with E-state index >= 15 is 0 Å².